The summed E-state index contributed by atoms with van der Waals surface area (Å²) >= 11 is 0. The van der Waals surface area contributed by atoms with Gasteiger partial charge in [0.05, 0.1) is 23.5 Å². The molecule has 2 heterocycles. The van der Waals surface area contributed by atoms with Crippen molar-refractivity contribution < 1.29 is 0 Å². The number of hydrogen-bond donors (Lipinski definition) is 0. The van der Waals surface area contributed by atoms with Gasteiger partial charge in [0.25, 0.3) is 0 Å². The summed E-state index contributed by atoms with van der Waals surface area (Å²) in [5.74, 6) is 0. The number of benzene rings is 2. The van der Waals surface area contributed by atoms with Gasteiger partial charge in [-0.15, -0.1) is 5.10 Å². The molecule has 5 heteroatoms. The fourth-order valence-corrected chi connectivity index (χ4v) is 2.55. The lowest BCUT2D eigenvalue weighted by atomic mass is 10.1. The fraction of sp³-hybridized carbons (Fsp3) is 0. The predicted molar refractivity (Wildman–Crippen MR) is 86.8 cm³/mol. The number of fused-ring (bicyclic) bond motifs is 1. The maximum Gasteiger partial charge on any atom is 0.115 e. The molecule has 0 amide bonds. The second-order valence-electron chi connectivity index (χ2n) is 5.12. The van der Waals surface area contributed by atoms with E-state index in [2.05, 4.69) is 21.4 Å². The molecule has 0 N–H and O–H groups in total. The van der Waals surface area contributed by atoms with E-state index in [9.17, 15) is 0 Å². The van der Waals surface area contributed by atoms with Crippen LogP contribution in [0.3, 0.4) is 0 Å². The quantitative estimate of drug-likeness (QED) is 0.569. The highest BCUT2D eigenvalue weighted by Crippen LogP contribution is 2.26. The zero-order valence-corrected chi connectivity index (χ0v) is 12.1. The molecule has 0 saturated carbocycles. The van der Waals surface area contributed by atoms with Crippen molar-refractivity contribution in [1.29, 1.82) is 5.26 Å². The van der Waals surface area contributed by atoms with Crippen molar-refractivity contribution in [2.45, 2.75) is 0 Å². The second-order valence-corrected chi connectivity index (χ2v) is 5.12. The molecule has 0 fully saturated rings. The Morgan fingerprint density at radius 3 is 2.83 bits per heavy atom. The minimum Gasteiger partial charge on any atom is -0.263 e. The molecule has 2 aromatic heterocycles. The SMILES string of the molecule is N#Cc1cccc(-n2cc(-c3cncc4ccccc34)nn2)c1. The summed E-state index contributed by atoms with van der Waals surface area (Å²) in [6.45, 7) is 0. The van der Waals surface area contributed by atoms with E-state index in [0.717, 1.165) is 27.7 Å². The van der Waals surface area contributed by atoms with Crippen LogP contribution in [0, 0.1) is 11.3 Å². The van der Waals surface area contributed by atoms with Gasteiger partial charge in [0.15, 0.2) is 0 Å². The lowest BCUT2D eigenvalue weighted by molar-refractivity contribution is 0.803. The minimum absolute atomic E-state index is 0.589. The van der Waals surface area contributed by atoms with Gasteiger partial charge in [-0.3, -0.25) is 4.98 Å². The van der Waals surface area contributed by atoms with Crippen LogP contribution in [0.5, 0.6) is 0 Å². The van der Waals surface area contributed by atoms with Crippen molar-refractivity contribution in [3.8, 4) is 23.0 Å². The zero-order valence-electron chi connectivity index (χ0n) is 12.1. The van der Waals surface area contributed by atoms with Crippen molar-refractivity contribution in [2.24, 2.45) is 0 Å². The Bertz CT molecular complexity index is 1040. The molecule has 0 atom stereocenters. The number of nitriles is 1. The van der Waals surface area contributed by atoms with Crippen LogP contribution in [-0.2, 0) is 0 Å². The maximum atomic E-state index is 9.01. The Balaban J connectivity index is 1.82. The smallest absolute Gasteiger partial charge is 0.115 e. The van der Waals surface area contributed by atoms with Crippen LogP contribution in [0.2, 0.25) is 0 Å². The summed E-state index contributed by atoms with van der Waals surface area (Å²) in [7, 11) is 0. The molecular formula is C18H11N5. The Hall–Kier alpha value is -3.52. The van der Waals surface area contributed by atoms with E-state index in [1.54, 1.807) is 23.0 Å². The molecular weight excluding hydrogens is 286 g/mol. The highest BCUT2D eigenvalue weighted by Gasteiger charge is 2.09. The molecule has 108 valence electrons. The van der Waals surface area contributed by atoms with Crippen LogP contribution in [0.15, 0.2) is 67.1 Å². The molecule has 4 aromatic rings. The largest absolute Gasteiger partial charge is 0.263 e. The van der Waals surface area contributed by atoms with Crippen LogP contribution in [0.1, 0.15) is 5.56 Å². The van der Waals surface area contributed by atoms with Crippen molar-refractivity contribution in [3.63, 3.8) is 0 Å². The normalized spacial score (nSPS) is 10.6. The van der Waals surface area contributed by atoms with Crippen LogP contribution < -0.4 is 0 Å². The Labute approximate surface area is 132 Å². The van der Waals surface area contributed by atoms with E-state index in [0.29, 0.717) is 5.56 Å². The number of rotatable bonds is 2. The predicted octanol–water partition coefficient (Wildman–Crippen LogP) is 3.35. The standard InChI is InChI=1S/C18H11N5/c19-9-13-4-3-6-15(8-13)23-12-18(21-22-23)17-11-20-10-14-5-1-2-7-16(14)17/h1-8,10-12H. The van der Waals surface area contributed by atoms with Gasteiger partial charge in [0.1, 0.15) is 5.69 Å². The van der Waals surface area contributed by atoms with E-state index >= 15 is 0 Å². The van der Waals surface area contributed by atoms with E-state index < -0.39 is 0 Å². The first-order valence-electron chi connectivity index (χ1n) is 7.11. The summed E-state index contributed by atoms with van der Waals surface area (Å²) in [5, 5.41) is 19.6. The van der Waals surface area contributed by atoms with E-state index in [-0.39, 0.29) is 0 Å². The van der Waals surface area contributed by atoms with Gasteiger partial charge < -0.3 is 0 Å². The molecule has 0 unspecified atom stereocenters. The Kier molecular flexibility index (Phi) is 3.06. The summed E-state index contributed by atoms with van der Waals surface area (Å²) < 4.78 is 1.66. The van der Waals surface area contributed by atoms with E-state index in [1.165, 1.54) is 0 Å². The lowest BCUT2D eigenvalue weighted by Gasteiger charge is -2.02. The van der Waals surface area contributed by atoms with Gasteiger partial charge >= 0.3 is 0 Å². The topological polar surface area (TPSA) is 67.4 Å². The molecule has 23 heavy (non-hydrogen) atoms. The van der Waals surface area contributed by atoms with E-state index in [4.69, 9.17) is 5.26 Å². The van der Waals surface area contributed by atoms with Crippen LogP contribution in [0.4, 0.5) is 0 Å². The van der Waals surface area contributed by atoms with Gasteiger partial charge in [0.2, 0.25) is 0 Å². The monoisotopic (exact) mass is 297 g/mol. The third-order valence-corrected chi connectivity index (χ3v) is 3.68. The molecule has 5 nitrogen and oxygen atoms in total. The molecule has 4 rings (SSSR count). The van der Waals surface area contributed by atoms with Crippen molar-refractivity contribution >= 4 is 10.8 Å². The number of pyridine rings is 1. The van der Waals surface area contributed by atoms with E-state index in [1.807, 2.05) is 48.8 Å². The summed E-state index contributed by atoms with van der Waals surface area (Å²) in [6, 6.07) is 17.4. The Morgan fingerprint density at radius 2 is 1.91 bits per heavy atom. The third kappa shape index (κ3) is 2.32. The van der Waals surface area contributed by atoms with Gasteiger partial charge in [-0.2, -0.15) is 5.26 Å². The average Bonchev–Trinajstić information content (AvgIpc) is 3.11. The lowest BCUT2D eigenvalue weighted by Crippen LogP contribution is -1.94. The highest BCUT2D eigenvalue weighted by atomic mass is 15.4. The number of hydrogen-bond acceptors (Lipinski definition) is 4. The molecule has 2 aromatic carbocycles. The van der Waals surface area contributed by atoms with Gasteiger partial charge in [-0.25, -0.2) is 4.68 Å². The second kappa shape index (κ2) is 5.35. The summed E-state index contributed by atoms with van der Waals surface area (Å²) in [5.41, 5.74) is 3.07. The summed E-state index contributed by atoms with van der Waals surface area (Å²) in [6.07, 6.45) is 5.47. The summed E-state index contributed by atoms with van der Waals surface area (Å²) in [4.78, 5) is 4.28. The molecule has 0 bridgehead atoms. The molecule has 0 radical (unpaired) electrons. The molecule has 0 aliphatic carbocycles. The highest BCUT2D eigenvalue weighted by molar-refractivity contribution is 5.94. The van der Waals surface area contributed by atoms with Crippen molar-refractivity contribution in [1.82, 2.24) is 20.0 Å². The van der Waals surface area contributed by atoms with Crippen LogP contribution in [-0.4, -0.2) is 20.0 Å². The average molecular weight is 297 g/mol. The van der Waals surface area contributed by atoms with Crippen molar-refractivity contribution in [3.05, 3.63) is 72.7 Å². The number of aromatic nitrogens is 4. The van der Waals surface area contributed by atoms with Crippen molar-refractivity contribution in [2.75, 3.05) is 0 Å². The molecule has 0 saturated heterocycles. The first-order chi connectivity index (χ1) is 11.3. The molecule has 0 aliphatic heterocycles. The third-order valence-electron chi connectivity index (χ3n) is 3.68. The van der Waals surface area contributed by atoms with Gasteiger partial charge in [-0.05, 0) is 23.6 Å². The van der Waals surface area contributed by atoms with Crippen LogP contribution >= 0.6 is 0 Å². The fourth-order valence-electron chi connectivity index (χ4n) is 2.55. The first kappa shape index (κ1) is 13.2. The van der Waals surface area contributed by atoms with Gasteiger partial charge in [0, 0.05) is 23.3 Å². The van der Waals surface area contributed by atoms with Gasteiger partial charge in [-0.1, -0.05) is 35.5 Å². The zero-order chi connectivity index (χ0) is 15.6. The number of nitrogens with zero attached hydrogens (tertiary/aromatic N) is 5. The molecule has 0 aliphatic rings. The Morgan fingerprint density at radius 1 is 1.00 bits per heavy atom. The van der Waals surface area contributed by atoms with Crippen LogP contribution in [0.25, 0.3) is 27.7 Å². The maximum absolute atomic E-state index is 9.01. The first-order valence-corrected chi connectivity index (χ1v) is 7.11. The minimum atomic E-state index is 0.589. The molecule has 0 spiro atoms.